The lowest BCUT2D eigenvalue weighted by atomic mass is 9.98. The van der Waals surface area contributed by atoms with Gasteiger partial charge in [-0.05, 0) is 47.5 Å². The number of hydrogen-bond donors (Lipinski definition) is 7. The van der Waals surface area contributed by atoms with Crippen molar-refractivity contribution in [3.8, 4) is 11.5 Å². The molecule has 2 heterocycles. The van der Waals surface area contributed by atoms with Crippen molar-refractivity contribution in [1.82, 2.24) is 0 Å². The number of benzene rings is 2. The second kappa shape index (κ2) is 16.1. The fraction of sp³-hybridized carbons (Fsp3) is 0.406. The van der Waals surface area contributed by atoms with E-state index in [4.69, 9.17) is 28.4 Å². The van der Waals surface area contributed by atoms with Crippen LogP contribution in [0.5, 0.6) is 11.5 Å². The highest BCUT2D eigenvalue weighted by molar-refractivity contribution is 5.87. The zero-order valence-electron chi connectivity index (χ0n) is 25.5. The van der Waals surface area contributed by atoms with E-state index < -0.39 is 92.5 Å². The molecule has 2 aliphatic rings. The molecule has 9 atom stereocenters. The van der Waals surface area contributed by atoms with Crippen molar-refractivity contribution < 1.29 is 78.6 Å². The molecule has 2 aromatic carbocycles. The minimum atomic E-state index is -2.47. The summed E-state index contributed by atoms with van der Waals surface area (Å²) in [6, 6.07) is 11.6. The van der Waals surface area contributed by atoms with E-state index in [2.05, 4.69) is 0 Å². The van der Waals surface area contributed by atoms with Crippen LogP contribution in [0.25, 0.3) is 12.2 Å². The van der Waals surface area contributed by atoms with Gasteiger partial charge in [-0.15, -0.1) is 0 Å². The molecule has 0 aliphatic carbocycles. The van der Waals surface area contributed by atoms with Crippen molar-refractivity contribution in [2.45, 2.75) is 61.7 Å². The standard InChI is InChI=1S/C32H36O16/c1-17(36)43-29-27(42)31(44-23(15-34)28(29)45-24(39)12-6-18-2-8-20(37)9-3-18)48-32(16-35)30(26(41)22(14-33)47-32)46-25(40)13-7-19-4-10-21(38)11-5-19/h2-13,22-23,26-31,33-35,37-38,41-42H,14-16H2,1H3/b12-6+,13-7+/t22-,23-,26-,27-,28-,29-,30+,31-,32+/m1/s1. The number of carbonyl (C=O) groups excluding carboxylic acids is 3. The van der Waals surface area contributed by atoms with Gasteiger partial charge in [-0.25, -0.2) is 9.59 Å². The second-order valence-corrected chi connectivity index (χ2v) is 10.8. The molecule has 7 N–H and O–H groups in total. The van der Waals surface area contributed by atoms with E-state index in [0.717, 1.165) is 19.1 Å². The molecule has 0 amide bonds. The molecule has 260 valence electrons. The van der Waals surface area contributed by atoms with E-state index in [1.54, 1.807) is 0 Å². The van der Waals surface area contributed by atoms with Gasteiger partial charge >= 0.3 is 17.9 Å². The molecule has 16 heteroatoms. The fourth-order valence-corrected chi connectivity index (χ4v) is 5.05. The Morgan fingerprint density at radius 2 is 1.27 bits per heavy atom. The number of carbonyl (C=O) groups is 3. The van der Waals surface area contributed by atoms with Crippen LogP contribution < -0.4 is 0 Å². The van der Waals surface area contributed by atoms with Gasteiger partial charge in [-0.2, -0.15) is 0 Å². The van der Waals surface area contributed by atoms with Gasteiger partial charge in [0.15, 0.2) is 24.6 Å². The van der Waals surface area contributed by atoms with E-state index in [1.807, 2.05) is 0 Å². The Morgan fingerprint density at radius 3 is 1.75 bits per heavy atom. The maximum atomic E-state index is 12.8. The molecule has 0 spiro atoms. The van der Waals surface area contributed by atoms with Crippen LogP contribution >= 0.6 is 0 Å². The molecule has 2 aliphatic heterocycles. The van der Waals surface area contributed by atoms with Gasteiger partial charge in [-0.3, -0.25) is 4.79 Å². The van der Waals surface area contributed by atoms with Gasteiger partial charge in [0.1, 0.15) is 42.5 Å². The van der Waals surface area contributed by atoms with Crippen LogP contribution in [-0.4, -0.2) is 128 Å². The summed E-state index contributed by atoms with van der Waals surface area (Å²) in [5.74, 6) is -5.41. The quantitative estimate of drug-likeness (QED) is 0.0819. The number of rotatable bonds is 12. The molecular weight excluding hydrogens is 640 g/mol. The molecule has 0 saturated carbocycles. The highest BCUT2D eigenvalue weighted by Crippen LogP contribution is 2.38. The molecule has 4 rings (SSSR count). The number of aliphatic hydroxyl groups is 5. The zero-order chi connectivity index (χ0) is 35.0. The van der Waals surface area contributed by atoms with Gasteiger partial charge in [0.2, 0.25) is 5.79 Å². The third kappa shape index (κ3) is 8.74. The van der Waals surface area contributed by atoms with Crippen molar-refractivity contribution in [3.63, 3.8) is 0 Å². The Balaban J connectivity index is 1.55. The molecule has 0 unspecified atom stereocenters. The van der Waals surface area contributed by atoms with E-state index >= 15 is 0 Å². The van der Waals surface area contributed by atoms with Crippen molar-refractivity contribution in [1.29, 1.82) is 0 Å². The second-order valence-electron chi connectivity index (χ2n) is 10.8. The SMILES string of the molecule is CC(=O)O[C@@H]1[C@@H](O)[C@@H](O[C@]2(CO)O[C@H](CO)[C@@H](O)[C@@H]2OC(=O)/C=C/c2ccc(O)cc2)O[C@H](CO)[C@H]1OC(=O)/C=C/c1ccc(O)cc1. The van der Waals surface area contributed by atoms with Crippen LogP contribution in [0.2, 0.25) is 0 Å². The number of aliphatic hydroxyl groups excluding tert-OH is 5. The molecule has 0 bridgehead atoms. The highest BCUT2D eigenvalue weighted by Gasteiger charge is 2.61. The largest absolute Gasteiger partial charge is 0.508 e. The number of phenolic OH excluding ortho intramolecular Hbond substituents is 2. The lowest BCUT2D eigenvalue weighted by Crippen LogP contribution is -2.64. The van der Waals surface area contributed by atoms with Crippen molar-refractivity contribution in [2.24, 2.45) is 0 Å². The number of phenols is 2. The molecule has 0 aromatic heterocycles. The monoisotopic (exact) mass is 676 g/mol. The third-order valence-electron chi connectivity index (χ3n) is 7.39. The third-order valence-corrected chi connectivity index (χ3v) is 7.39. The van der Waals surface area contributed by atoms with E-state index in [0.29, 0.717) is 11.1 Å². The topological polar surface area (TPSA) is 248 Å². The number of hydrogen-bond acceptors (Lipinski definition) is 16. The van der Waals surface area contributed by atoms with Crippen LogP contribution in [0, 0.1) is 0 Å². The first-order valence-corrected chi connectivity index (χ1v) is 14.6. The van der Waals surface area contributed by atoms with E-state index in [-0.39, 0.29) is 11.5 Å². The minimum absolute atomic E-state index is 0.000640. The maximum Gasteiger partial charge on any atom is 0.331 e. The summed E-state index contributed by atoms with van der Waals surface area (Å²) in [4.78, 5) is 37.5. The number of ether oxygens (including phenoxy) is 6. The summed E-state index contributed by atoms with van der Waals surface area (Å²) in [6.07, 6.45) is -9.08. The van der Waals surface area contributed by atoms with Gasteiger partial charge in [0, 0.05) is 19.1 Å². The van der Waals surface area contributed by atoms with Crippen molar-refractivity contribution in [3.05, 3.63) is 71.8 Å². The summed E-state index contributed by atoms with van der Waals surface area (Å²) in [6.45, 7) is -1.80. The van der Waals surface area contributed by atoms with Crippen molar-refractivity contribution >= 4 is 30.1 Å². The van der Waals surface area contributed by atoms with Crippen LogP contribution in [0.15, 0.2) is 60.7 Å². The minimum Gasteiger partial charge on any atom is -0.508 e. The van der Waals surface area contributed by atoms with Crippen LogP contribution in [-0.2, 0) is 42.8 Å². The molecule has 48 heavy (non-hydrogen) atoms. The first-order valence-electron chi connectivity index (χ1n) is 14.6. The first kappa shape index (κ1) is 36.4. The summed E-state index contributed by atoms with van der Waals surface area (Å²) in [5, 5.41) is 71.3. The summed E-state index contributed by atoms with van der Waals surface area (Å²) < 4.78 is 33.0. The van der Waals surface area contributed by atoms with E-state index in [1.165, 1.54) is 60.7 Å². The van der Waals surface area contributed by atoms with Gasteiger partial charge in [-0.1, -0.05) is 24.3 Å². The zero-order valence-corrected chi connectivity index (χ0v) is 25.5. The predicted molar refractivity (Wildman–Crippen MR) is 160 cm³/mol. The number of aromatic hydroxyl groups is 2. The van der Waals surface area contributed by atoms with E-state index in [9.17, 15) is 50.1 Å². The maximum absolute atomic E-state index is 12.8. The Kier molecular flexibility index (Phi) is 12.3. The molecule has 2 aromatic rings. The van der Waals surface area contributed by atoms with Crippen LogP contribution in [0.4, 0.5) is 0 Å². The average molecular weight is 677 g/mol. The van der Waals surface area contributed by atoms with Gasteiger partial charge in [0.05, 0.1) is 13.2 Å². The highest BCUT2D eigenvalue weighted by atomic mass is 16.8. The predicted octanol–water partition coefficient (Wildman–Crippen LogP) is -0.885. The molecule has 2 fully saturated rings. The van der Waals surface area contributed by atoms with Crippen LogP contribution in [0.3, 0.4) is 0 Å². The molecule has 0 radical (unpaired) electrons. The average Bonchev–Trinajstić information content (AvgIpc) is 3.33. The van der Waals surface area contributed by atoms with Crippen LogP contribution in [0.1, 0.15) is 18.1 Å². The molecule has 16 nitrogen and oxygen atoms in total. The Hall–Kier alpha value is -4.39. The smallest absolute Gasteiger partial charge is 0.331 e. The van der Waals surface area contributed by atoms with Gasteiger partial charge < -0.3 is 64.2 Å². The molecule has 2 saturated heterocycles. The number of esters is 3. The fourth-order valence-electron chi connectivity index (χ4n) is 5.05. The lowest BCUT2D eigenvalue weighted by molar-refractivity contribution is -0.383. The molecular formula is C32H36O16. The summed E-state index contributed by atoms with van der Waals surface area (Å²) in [7, 11) is 0. The Morgan fingerprint density at radius 1 is 0.750 bits per heavy atom. The van der Waals surface area contributed by atoms with Gasteiger partial charge in [0.25, 0.3) is 0 Å². The normalized spacial score (nSPS) is 30.4. The van der Waals surface area contributed by atoms with Crippen molar-refractivity contribution in [2.75, 3.05) is 19.8 Å². The summed E-state index contributed by atoms with van der Waals surface area (Å²) in [5.41, 5.74) is 1.02. The lowest BCUT2D eigenvalue weighted by Gasteiger charge is -2.45. The first-order chi connectivity index (χ1) is 22.9. The Bertz CT molecular complexity index is 1460. The summed E-state index contributed by atoms with van der Waals surface area (Å²) >= 11 is 0. The Labute approximate surface area is 273 Å².